The Balaban J connectivity index is 3.15. The number of amides is 1. The third-order valence-electron chi connectivity index (χ3n) is 1.63. The van der Waals surface area contributed by atoms with Gasteiger partial charge in [-0.05, 0) is 18.8 Å². The fourth-order valence-corrected chi connectivity index (χ4v) is 1.02. The highest BCUT2D eigenvalue weighted by molar-refractivity contribution is 9.09. The number of halogens is 1. The van der Waals surface area contributed by atoms with Crippen molar-refractivity contribution in [2.75, 3.05) is 18.5 Å². The van der Waals surface area contributed by atoms with Crippen molar-refractivity contribution in [2.45, 2.75) is 19.8 Å². The van der Waals surface area contributed by atoms with Crippen LogP contribution in [0.2, 0.25) is 0 Å². The summed E-state index contributed by atoms with van der Waals surface area (Å²) >= 11 is 3.06. The number of rotatable bonds is 6. The molecule has 0 aliphatic heterocycles. The zero-order valence-corrected chi connectivity index (χ0v) is 8.93. The topological polar surface area (TPSA) is 49.3 Å². The average molecular weight is 238 g/mol. The Kier molecular flexibility index (Phi) is 7.50. The Morgan fingerprint density at radius 2 is 2.33 bits per heavy atom. The Bertz CT molecular complexity index is 130. The summed E-state index contributed by atoms with van der Waals surface area (Å²) in [6, 6.07) is 0. The fraction of sp³-hybridized carbons (Fsp3) is 0.875. The van der Waals surface area contributed by atoms with Crippen LogP contribution in [0.1, 0.15) is 19.8 Å². The van der Waals surface area contributed by atoms with Gasteiger partial charge in [0.15, 0.2) is 0 Å². The number of hydrogen-bond acceptors (Lipinski definition) is 2. The molecule has 0 aliphatic rings. The van der Waals surface area contributed by atoms with Crippen molar-refractivity contribution in [3.8, 4) is 0 Å². The van der Waals surface area contributed by atoms with E-state index in [2.05, 4.69) is 21.2 Å². The van der Waals surface area contributed by atoms with Crippen LogP contribution in [-0.2, 0) is 4.79 Å². The SMILES string of the molecule is CC(CO)CCCNC(=O)CBr. The average Bonchev–Trinajstić information content (AvgIpc) is 2.11. The largest absolute Gasteiger partial charge is 0.396 e. The van der Waals surface area contributed by atoms with Crippen molar-refractivity contribution in [3.05, 3.63) is 0 Å². The molecule has 12 heavy (non-hydrogen) atoms. The fourth-order valence-electron chi connectivity index (χ4n) is 0.817. The molecule has 4 heteroatoms. The lowest BCUT2D eigenvalue weighted by Crippen LogP contribution is -2.25. The van der Waals surface area contributed by atoms with Gasteiger partial charge in [-0.2, -0.15) is 0 Å². The lowest BCUT2D eigenvalue weighted by molar-refractivity contribution is -0.118. The van der Waals surface area contributed by atoms with Gasteiger partial charge in [-0.3, -0.25) is 4.79 Å². The van der Waals surface area contributed by atoms with E-state index < -0.39 is 0 Å². The molecule has 2 N–H and O–H groups in total. The van der Waals surface area contributed by atoms with E-state index >= 15 is 0 Å². The molecule has 72 valence electrons. The molecule has 1 unspecified atom stereocenters. The molecule has 0 aromatic heterocycles. The van der Waals surface area contributed by atoms with Crippen molar-refractivity contribution in [1.29, 1.82) is 0 Å². The maximum atomic E-state index is 10.7. The minimum absolute atomic E-state index is 0.0200. The van der Waals surface area contributed by atoms with E-state index in [1.54, 1.807) is 0 Å². The zero-order chi connectivity index (χ0) is 9.40. The van der Waals surface area contributed by atoms with E-state index in [1.165, 1.54) is 0 Å². The molecular weight excluding hydrogens is 222 g/mol. The molecule has 0 saturated heterocycles. The molecule has 0 aromatic carbocycles. The molecule has 0 fully saturated rings. The summed E-state index contributed by atoms with van der Waals surface area (Å²) < 4.78 is 0. The second kappa shape index (κ2) is 7.55. The lowest BCUT2D eigenvalue weighted by atomic mass is 10.1. The number of aliphatic hydroxyl groups is 1. The number of aliphatic hydroxyl groups excluding tert-OH is 1. The summed E-state index contributed by atoms with van der Waals surface area (Å²) in [7, 11) is 0. The minimum Gasteiger partial charge on any atom is -0.396 e. The third kappa shape index (κ3) is 6.61. The Morgan fingerprint density at radius 3 is 2.83 bits per heavy atom. The first-order valence-corrected chi connectivity index (χ1v) is 5.26. The summed E-state index contributed by atoms with van der Waals surface area (Å²) in [4.78, 5) is 10.7. The summed E-state index contributed by atoms with van der Waals surface area (Å²) in [5, 5.41) is 11.8. The smallest absolute Gasteiger partial charge is 0.230 e. The molecule has 0 heterocycles. The molecule has 0 aromatic rings. The normalized spacial score (nSPS) is 12.6. The van der Waals surface area contributed by atoms with Crippen LogP contribution in [0.5, 0.6) is 0 Å². The predicted molar refractivity (Wildman–Crippen MR) is 52.3 cm³/mol. The molecule has 0 saturated carbocycles. The van der Waals surface area contributed by atoms with Crippen LogP contribution in [0.4, 0.5) is 0 Å². The first kappa shape index (κ1) is 11.9. The highest BCUT2D eigenvalue weighted by Gasteiger charge is 2.00. The summed E-state index contributed by atoms with van der Waals surface area (Å²) in [6.45, 7) is 2.92. The van der Waals surface area contributed by atoms with E-state index in [-0.39, 0.29) is 12.5 Å². The van der Waals surface area contributed by atoms with Crippen molar-refractivity contribution >= 4 is 21.8 Å². The maximum Gasteiger partial charge on any atom is 0.230 e. The third-order valence-corrected chi connectivity index (χ3v) is 2.14. The van der Waals surface area contributed by atoms with Crippen molar-refractivity contribution in [1.82, 2.24) is 5.32 Å². The highest BCUT2D eigenvalue weighted by atomic mass is 79.9. The van der Waals surface area contributed by atoms with E-state index in [4.69, 9.17) is 5.11 Å². The van der Waals surface area contributed by atoms with Crippen molar-refractivity contribution < 1.29 is 9.90 Å². The molecule has 0 radical (unpaired) electrons. The van der Waals surface area contributed by atoms with Crippen LogP contribution < -0.4 is 5.32 Å². The molecular formula is C8H16BrNO2. The van der Waals surface area contributed by atoms with E-state index in [0.29, 0.717) is 17.8 Å². The van der Waals surface area contributed by atoms with Gasteiger partial charge in [0.25, 0.3) is 0 Å². The summed E-state index contributed by atoms with van der Waals surface area (Å²) in [5.74, 6) is 0.359. The summed E-state index contributed by atoms with van der Waals surface area (Å²) in [6.07, 6.45) is 1.89. The standard InChI is InChI=1S/C8H16BrNO2/c1-7(6-11)3-2-4-10-8(12)5-9/h7,11H,2-6H2,1H3,(H,10,12). The Labute approximate surface area is 81.7 Å². The van der Waals surface area contributed by atoms with Crippen LogP contribution in [0, 0.1) is 5.92 Å². The van der Waals surface area contributed by atoms with Crippen LogP contribution >= 0.6 is 15.9 Å². The number of hydrogen-bond donors (Lipinski definition) is 2. The number of carbonyl (C=O) groups is 1. The highest BCUT2D eigenvalue weighted by Crippen LogP contribution is 2.02. The van der Waals surface area contributed by atoms with Gasteiger partial charge < -0.3 is 10.4 Å². The van der Waals surface area contributed by atoms with E-state index in [1.807, 2.05) is 6.92 Å². The van der Waals surface area contributed by atoms with Gasteiger partial charge in [0.2, 0.25) is 5.91 Å². The quantitative estimate of drug-likeness (QED) is 0.533. The van der Waals surface area contributed by atoms with E-state index in [0.717, 1.165) is 12.8 Å². The van der Waals surface area contributed by atoms with Gasteiger partial charge in [0.1, 0.15) is 0 Å². The van der Waals surface area contributed by atoms with E-state index in [9.17, 15) is 4.79 Å². The number of carbonyl (C=O) groups excluding carboxylic acids is 1. The van der Waals surface area contributed by atoms with Crippen molar-refractivity contribution in [2.24, 2.45) is 5.92 Å². The molecule has 0 rings (SSSR count). The second-order valence-electron chi connectivity index (χ2n) is 2.91. The van der Waals surface area contributed by atoms with Gasteiger partial charge in [0.05, 0.1) is 5.33 Å². The first-order valence-electron chi connectivity index (χ1n) is 4.14. The monoisotopic (exact) mass is 237 g/mol. The maximum absolute atomic E-state index is 10.7. The Hall–Kier alpha value is -0.0900. The van der Waals surface area contributed by atoms with Crippen LogP contribution in [0.25, 0.3) is 0 Å². The molecule has 0 spiro atoms. The first-order chi connectivity index (χ1) is 5.70. The van der Waals surface area contributed by atoms with Crippen LogP contribution in [0.15, 0.2) is 0 Å². The molecule has 1 atom stereocenters. The molecule has 3 nitrogen and oxygen atoms in total. The predicted octanol–water partition coefficient (Wildman–Crippen LogP) is 0.906. The number of nitrogens with one attached hydrogen (secondary N) is 1. The van der Waals surface area contributed by atoms with Crippen molar-refractivity contribution in [3.63, 3.8) is 0 Å². The van der Waals surface area contributed by atoms with Gasteiger partial charge in [0, 0.05) is 13.2 Å². The Morgan fingerprint density at radius 1 is 1.67 bits per heavy atom. The second-order valence-corrected chi connectivity index (χ2v) is 3.47. The lowest BCUT2D eigenvalue weighted by Gasteiger charge is -2.07. The summed E-state index contributed by atoms with van der Waals surface area (Å²) in [5.41, 5.74) is 0. The van der Waals surface area contributed by atoms with Crippen LogP contribution in [-0.4, -0.2) is 29.5 Å². The molecule has 1 amide bonds. The van der Waals surface area contributed by atoms with Crippen LogP contribution in [0.3, 0.4) is 0 Å². The van der Waals surface area contributed by atoms with Gasteiger partial charge >= 0.3 is 0 Å². The molecule has 0 aliphatic carbocycles. The minimum atomic E-state index is 0.0200. The zero-order valence-electron chi connectivity index (χ0n) is 7.35. The van der Waals surface area contributed by atoms with Gasteiger partial charge in [-0.1, -0.05) is 22.9 Å². The van der Waals surface area contributed by atoms with Gasteiger partial charge in [-0.25, -0.2) is 0 Å². The number of alkyl halides is 1. The van der Waals surface area contributed by atoms with Gasteiger partial charge in [-0.15, -0.1) is 0 Å². The molecule has 0 bridgehead atoms.